The second-order valence-electron chi connectivity index (χ2n) is 4.19. The first-order valence-electron chi connectivity index (χ1n) is 5.42. The van der Waals surface area contributed by atoms with E-state index >= 15 is 0 Å². The lowest BCUT2D eigenvalue weighted by Crippen LogP contribution is -2.07. The van der Waals surface area contributed by atoms with Crippen LogP contribution >= 0.6 is 23.2 Å². The summed E-state index contributed by atoms with van der Waals surface area (Å²) in [7, 11) is 0. The van der Waals surface area contributed by atoms with Crippen molar-refractivity contribution in [1.29, 1.82) is 0 Å². The van der Waals surface area contributed by atoms with E-state index in [2.05, 4.69) is 6.92 Å². The number of hydrogen-bond acceptors (Lipinski definition) is 1. The lowest BCUT2D eigenvalue weighted by atomic mass is 9.90. The molecule has 1 nitrogen and oxygen atoms in total. The van der Waals surface area contributed by atoms with Crippen molar-refractivity contribution < 1.29 is 4.74 Å². The quantitative estimate of drug-likeness (QED) is 0.632. The molecule has 0 atom stereocenters. The van der Waals surface area contributed by atoms with E-state index in [-0.39, 0.29) is 5.92 Å². The lowest BCUT2D eigenvalue weighted by Gasteiger charge is -2.26. The summed E-state index contributed by atoms with van der Waals surface area (Å²) >= 11 is 12.0. The van der Waals surface area contributed by atoms with Crippen LogP contribution < -0.4 is 4.74 Å². The molecule has 0 N–H and O–H groups in total. The molecule has 0 saturated heterocycles. The van der Waals surface area contributed by atoms with Gasteiger partial charge in [0.2, 0.25) is 0 Å². The van der Waals surface area contributed by atoms with Crippen LogP contribution in [0.3, 0.4) is 0 Å². The largest absolute Gasteiger partial charge is 0.457 e. The van der Waals surface area contributed by atoms with E-state index in [1.165, 1.54) is 0 Å². The highest BCUT2D eigenvalue weighted by Crippen LogP contribution is 2.45. The molecule has 0 aromatic heterocycles. The van der Waals surface area contributed by atoms with Crippen molar-refractivity contribution >= 4 is 23.2 Å². The van der Waals surface area contributed by atoms with Gasteiger partial charge in [0.1, 0.15) is 11.5 Å². The number of hydrogen-bond donors (Lipinski definition) is 0. The van der Waals surface area contributed by atoms with Crippen LogP contribution in [0, 0.1) is 0 Å². The Labute approximate surface area is 110 Å². The maximum atomic E-state index is 6.02. The predicted molar refractivity (Wildman–Crippen MR) is 70.5 cm³/mol. The van der Waals surface area contributed by atoms with E-state index in [4.69, 9.17) is 27.9 Å². The molecular weight excluding hydrogens is 255 g/mol. The van der Waals surface area contributed by atoms with Gasteiger partial charge in [-0.05, 0) is 36.4 Å². The molecule has 0 amide bonds. The van der Waals surface area contributed by atoms with Gasteiger partial charge in [-0.15, -0.1) is 0 Å². The SMILES string of the molecule is CC1c2cc(Cl)ccc2Oc2ccc(Cl)cc21. The zero-order chi connectivity index (χ0) is 12.0. The van der Waals surface area contributed by atoms with Gasteiger partial charge in [0.05, 0.1) is 0 Å². The van der Waals surface area contributed by atoms with Crippen LogP contribution in [0.15, 0.2) is 36.4 Å². The van der Waals surface area contributed by atoms with E-state index in [0.717, 1.165) is 32.7 Å². The van der Waals surface area contributed by atoms with E-state index in [9.17, 15) is 0 Å². The fraction of sp³-hybridized carbons (Fsp3) is 0.143. The fourth-order valence-corrected chi connectivity index (χ4v) is 2.55. The summed E-state index contributed by atoms with van der Waals surface area (Å²) in [4.78, 5) is 0. The van der Waals surface area contributed by atoms with E-state index in [0.29, 0.717) is 0 Å². The summed E-state index contributed by atoms with van der Waals surface area (Å²) in [6, 6.07) is 11.4. The highest BCUT2D eigenvalue weighted by molar-refractivity contribution is 6.31. The Kier molecular flexibility index (Phi) is 2.53. The Morgan fingerprint density at radius 1 is 0.882 bits per heavy atom. The summed E-state index contributed by atoms with van der Waals surface area (Å²) in [6.45, 7) is 2.13. The second-order valence-corrected chi connectivity index (χ2v) is 5.06. The Morgan fingerprint density at radius 3 is 1.82 bits per heavy atom. The van der Waals surface area contributed by atoms with Gasteiger partial charge < -0.3 is 4.74 Å². The zero-order valence-electron chi connectivity index (χ0n) is 9.21. The molecule has 0 fully saturated rings. The van der Waals surface area contributed by atoms with E-state index in [1.54, 1.807) is 0 Å². The van der Waals surface area contributed by atoms with Crippen molar-refractivity contribution in [3.63, 3.8) is 0 Å². The number of ether oxygens (including phenoxy) is 1. The summed E-state index contributed by atoms with van der Waals surface area (Å²) < 4.78 is 5.84. The van der Waals surface area contributed by atoms with Crippen molar-refractivity contribution in [3.05, 3.63) is 57.6 Å². The first kappa shape index (κ1) is 10.9. The minimum atomic E-state index is 0.242. The second kappa shape index (κ2) is 3.94. The molecular formula is C14H10Cl2O. The Balaban J connectivity index is 2.18. The smallest absolute Gasteiger partial charge is 0.131 e. The monoisotopic (exact) mass is 264 g/mol. The number of benzene rings is 2. The Bertz CT molecular complexity index is 541. The highest BCUT2D eigenvalue weighted by atomic mass is 35.5. The molecule has 0 unspecified atom stereocenters. The topological polar surface area (TPSA) is 9.23 Å². The third-order valence-electron chi connectivity index (χ3n) is 3.10. The van der Waals surface area contributed by atoms with Crippen LogP contribution in [0.2, 0.25) is 10.0 Å². The fourth-order valence-electron chi connectivity index (χ4n) is 2.19. The first-order valence-corrected chi connectivity index (χ1v) is 6.17. The van der Waals surface area contributed by atoms with Gasteiger partial charge in [0, 0.05) is 27.1 Å². The molecule has 0 bridgehead atoms. The van der Waals surface area contributed by atoms with Gasteiger partial charge in [-0.3, -0.25) is 0 Å². The highest BCUT2D eigenvalue weighted by Gasteiger charge is 2.24. The third-order valence-corrected chi connectivity index (χ3v) is 3.57. The molecule has 3 rings (SSSR count). The maximum Gasteiger partial charge on any atom is 0.131 e. The molecule has 17 heavy (non-hydrogen) atoms. The minimum Gasteiger partial charge on any atom is -0.457 e. The first-order chi connectivity index (χ1) is 8.15. The molecule has 1 aliphatic heterocycles. The minimum absolute atomic E-state index is 0.242. The Morgan fingerprint density at radius 2 is 1.35 bits per heavy atom. The average molecular weight is 265 g/mol. The van der Waals surface area contributed by atoms with Gasteiger partial charge in [0.15, 0.2) is 0 Å². The van der Waals surface area contributed by atoms with Crippen LogP contribution in [0.4, 0.5) is 0 Å². The van der Waals surface area contributed by atoms with Crippen molar-refractivity contribution in [3.8, 4) is 11.5 Å². The summed E-state index contributed by atoms with van der Waals surface area (Å²) in [5.74, 6) is 1.99. The summed E-state index contributed by atoms with van der Waals surface area (Å²) in [5, 5.41) is 1.45. The zero-order valence-corrected chi connectivity index (χ0v) is 10.7. The number of rotatable bonds is 0. The van der Waals surface area contributed by atoms with Gasteiger partial charge in [0.25, 0.3) is 0 Å². The van der Waals surface area contributed by atoms with Crippen LogP contribution in [0.1, 0.15) is 24.0 Å². The normalized spacial score (nSPS) is 13.8. The van der Waals surface area contributed by atoms with Crippen molar-refractivity contribution in [2.45, 2.75) is 12.8 Å². The van der Waals surface area contributed by atoms with Crippen molar-refractivity contribution in [2.75, 3.05) is 0 Å². The van der Waals surface area contributed by atoms with Crippen LogP contribution in [0.5, 0.6) is 11.5 Å². The van der Waals surface area contributed by atoms with Crippen LogP contribution in [-0.2, 0) is 0 Å². The van der Waals surface area contributed by atoms with Gasteiger partial charge in [-0.25, -0.2) is 0 Å². The standard InChI is InChI=1S/C14H10Cl2O/c1-8-11-6-9(15)2-4-13(11)17-14-5-3-10(16)7-12(8)14/h2-8H,1H3. The number of halogens is 2. The molecule has 1 aliphatic rings. The number of fused-ring (bicyclic) bond motifs is 2. The molecule has 2 aromatic rings. The van der Waals surface area contributed by atoms with Gasteiger partial charge in [-0.2, -0.15) is 0 Å². The maximum absolute atomic E-state index is 6.02. The molecule has 0 radical (unpaired) electrons. The molecule has 1 heterocycles. The van der Waals surface area contributed by atoms with E-state index in [1.807, 2.05) is 36.4 Å². The summed E-state index contributed by atoms with van der Waals surface area (Å²) in [5.41, 5.74) is 2.21. The lowest BCUT2D eigenvalue weighted by molar-refractivity contribution is 0.450. The van der Waals surface area contributed by atoms with Gasteiger partial charge >= 0.3 is 0 Å². The molecule has 0 saturated carbocycles. The molecule has 0 spiro atoms. The van der Waals surface area contributed by atoms with Crippen LogP contribution in [-0.4, -0.2) is 0 Å². The van der Waals surface area contributed by atoms with E-state index < -0.39 is 0 Å². The molecule has 3 heteroatoms. The molecule has 86 valence electrons. The molecule has 2 aromatic carbocycles. The predicted octanol–water partition coefficient (Wildman–Crippen LogP) is 5.25. The average Bonchev–Trinajstić information content (AvgIpc) is 2.32. The summed E-state index contributed by atoms with van der Waals surface area (Å²) in [6.07, 6.45) is 0. The van der Waals surface area contributed by atoms with Crippen molar-refractivity contribution in [1.82, 2.24) is 0 Å². The third kappa shape index (κ3) is 1.80. The van der Waals surface area contributed by atoms with Gasteiger partial charge in [-0.1, -0.05) is 30.1 Å². The van der Waals surface area contributed by atoms with Crippen molar-refractivity contribution in [2.24, 2.45) is 0 Å². The molecule has 0 aliphatic carbocycles. The van der Waals surface area contributed by atoms with Crippen LogP contribution in [0.25, 0.3) is 0 Å². The Hall–Kier alpha value is -1.18.